The highest BCUT2D eigenvalue weighted by Crippen LogP contribution is 2.24. The molecule has 1 aliphatic rings. The Morgan fingerprint density at radius 2 is 2.24 bits per heavy atom. The molecule has 0 bridgehead atoms. The fraction of sp³-hybridized carbons (Fsp3) is 0.500. The topological polar surface area (TPSA) is 53.1 Å². The van der Waals surface area contributed by atoms with Crippen LogP contribution >= 0.6 is 0 Å². The van der Waals surface area contributed by atoms with Crippen LogP contribution in [0, 0.1) is 11.3 Å². The van der Waals surface area contributed by atoms with Gasteiger partial charge in [-0.3, -0.25) is 10.3 Å². The van der Waals surface area contributed by atoms with Gasteiger partial charge in [-0.2, -0.15) is 0 Å². The van der Waals surface area contributed by atoms with E-state index in [2.05, 4.69) is 24.8 Å². The lowest BCUT2D eigenvalue weighted by atomic mass is 10.1. The van der Waals surface area contributed by atoms with Crippen LogP contribution in [-0.4, -0.2) is 23.3 Å². The van der Waals surface area contributed by atoms with Gasteiger partial charge in [0.1, 0.15) is 5.84 Å². The third-order valence-corrected chi connectivity index (χ3v) is 3.54. The van der Waals surface area contributed by atoms with E-state index in [9.17, 15) is 0 Å². The summed E-state index contributed by atoms with van der Waals surface area (Å²) >= 11 is 0. The van der Waals surface area contributed by atoms with E-state index in [1.54, 1.807) is 0 Å². The number of rotatable bonds is 3. The third-order valence-electron chi connectivity index (χ3n) is 3.54. The van der Waals surface area contributed by atoms with E-state index in [0.717, 1.165) is 18.0 Å². The van der Waals surface area contributed by atoms with Crippen molar-refractivity contribution >= 4 is 5.84 Å². The predicted octanol–water partition coefficient (Wildman–Crippen LogP) is 2.20. The highest BCUT2D eigenvalue weighted by Gasteiger charge is 2.25. The molecule has 3 nitrogen and oxygen atoms in total. The third kappa shape index (κ3) is 2.86. The van der Waals surface area contributed by atoms with Crippen molar-refractivity contribution in [2.75, 3.05) is 6.54 Å². The Balaban J connectivity index is 2.08. The largest absolute Gasteiger partial charge is 0.384 e. The van der Waals surface area contributed by atoms with E-state index in [-0.39, 0.29) is 5.84 Å². The van der Waals surface area contributed by atoms with Gasteiger partial charge in [-0.15, -0.1) is 0 Å². The van der Waals surface area contributed by atoms with Crippen LogP contribution in [0.2, 0.25) is 0 Å². The van der Waals surface area contributed by atoms with Gasteiger partial charge in [0.05, 0.1) is 0 Å². The van der Waals surface area contributed by atoms with Crippen LogP contribution < -0.4 is 5.73 Å². The van der Waals surface area contributed by atoms with Crippen molar-refractivity contribution < 1.29 is 0 Å². The summed E-state index contributed by atoms with van der Waals surface area (Å²) in [4.78, 5) is 2.50. The summed E-state index contributed by atoms with van der Waals surface area (Å²) in [7, 11) is 0. The predicted molar refractivity (Wildman–Crippen MR) is 71.1 cm³/mol. The van der Waals surface area contributed by atoms with Crippen LogP contribution in [-0.2, 0) is 6.54 Å². The van der Waals surface area contributed by atoms with Crippen molar-refractivity contribution in [3.63, 3.8) is 0 Å². The molecule has 3 N–H and O–H groups in total. The number of benzene rings is 1. The molecule has 1 aromatic carbocycles. The minimum absolute atomic E-state index is 0.148. The molecule has 0 saturated carbocycles. The molecule has 2 atom stereocenters. The zero-order valence-corrected chi connectivity index (χ0v) is 10.6. The van der Waals surface area contributed by atoms with Crippen molar-refractivity contribution in [1.29, 1.82) is 5.41 Å². The lowest BCUT2D eigenvalue weighted by Gasteiger charge is -2.21. The maximum atomic E-state index is 7.45. The monoisotopic (exact) mass is 231 g/mol. The normalized spacial score (nSPS) is 25.1. The lowest BCUT2D eigenvalue weighted by molar-refractivity contribution is 0.256. The molecule has 1 saturated heterocycles. The lowest BCUT2D eigenvalue weighted by Crippen LogP contribution is -2.26. The number of nitrogens with two attached hydrogens (primary N) is 1. The van der Waals surface area contributed by atoms with E-state index in [1.807, 2.05) is 18.2 Å². The number of hydrogen-bond acceptors (Lipinski definition) is 2. The van der Waals surface area contributed by atoms with Gasteiger partial charge in [-0.25, -0.2) is 0 Å². The molecule has 0 aliphatic carbocycles. The second-order valence-electron chi connectivity index (χ2n) is 5.23. The second kappa shape index (κ2) is 4.88. The first-order chi connectivity index (χ1) is 8.06. The Kier molecular flexibility index (Phi) is 3.48. The maximum Gasteiger partial charge on any atom is 0.122 e. The quantitative estimate of drug-likeness (QED) is 0.619. The Morgan fingerprint density at radius 1 is 1.47 bits per heavy atom. The van der Waals surface area contributed by atoms with Crippen LogP contribution in [0.25, 0.3) is 0 Å². The second-order valence-corrected chi connectivity index (χ2v) is 5.23. The summed E-state index contributed by atoms with van der Waals surface area (Å²) in [5.41, 5.74) is 7.58. The number of nitrogens with one attached hydrogen (secondary N) is 1. The first kappa shape index (κ1) is 12.1. The zero-order chi connectivity index (χ0) is 12.4. The molecule has 92 valence electrons. The average molecular weight is 231 g/mol. The van der Waals surface area contributed by atoms with Gasteiger partial charge in [-0.05, 0) is 30.9 Å². The molecule has 1 aliphatic heterocycles. The highest BCUT2D eigenvalue weighted by atomic mass is 15.2. The summed E-state index contributed by atoms with van der Waals surface area (Å²) in [5.74, 6) is 0.940. The van der Waals surface area contributed by atoms with Crippen molar-refractivity contribution in [3.05, 3.63) is 35.4 Å². The van der Waals surface area contributed by atoms with Crippen molar-refractivity contribution in [2.24, 2.45) is 11.7 Å². The minimum Gasteiger partial charge on any atom is -0.384 e. The SMILES string of the molecule is CC1CC(C)N(Cc2cccc(C(=N)N)c2)C1. The molecule has 0 amide bonds. The van der Waals surface area contributed by atoms with Crippen molar-refractivity contribution in [2.45, 2.75) is 32.9 Å². The van der Waals surface area contributed by atoms with Gasteiger partial charge >= 0.3 is 0 Å². The molecule has 0 aromatic heterocycles. The molecular weight excluding hydrogens is 210 g/mol. The summed E-state index contributed by atoms with van der Waals surface area (Å²) < 4.78 is 0. The van der Waals surface area contributed by atoms with Crippen LogP contribution in [0.5, 0.6) is 0 Å². The fourth-order valence-corrected chi connectivity index (χ4v) is 2.68. The Morgan fingerprint density at radius 3 is 2.82 bits per heavy atom. The van der Waals surface area contributed by atoms with Gasteiger partial charge in [0.2, 0.25) is 0 Å². The summed E-state index contributed by atoms with van der Waals surface area (Å²) in [6, 6.07) is 8.67. The molecule has 1 aromatic rings. The van der Waals surface area contributed by atoms with Crippen LogP contribution in [0.3, 0.4) is 0 Å². The Labute approximate surface area is 103 Å². The molecule has 3 heteroatoms. The van der Waals surface area contributed by atoms with E-state index in [1.165, 1.54) is 18.5 Å². The standard InChI is InChI=1S/C14H21N3/c1-10-6-11(2)17(8-10)9-12-4-3-5-13(7-12)14(15)16/h3-5,7,10-11H,6,8-9H2,1-2H3,(H3,15,16). The highest BCUT2D eigenvalue weighted by molar-refractivity contribution is 5.95. The van der Waals surface area contributed by atoms with E-state index in [0.29, 0.717) is 6.04 Å². The summed E-state index contributed by atoms with van der Waals surface area (Å²) in [6.45, 7) is 6.74. The van der Waals surface area contributed by atoms with Crippen molar-refractivity contribution in [1.82, 2.24) is 4.90 Å². The van der Waals surface area contributed by atoms with Gasteiger partial charge in [0.15, 0.2) is 0 Å². The molecule has 0 spiro atoms. The number of amidine groups is 1. The Bertz CT molecular complexity index is 414. The number of hydrogen-bond donors (Lipinski definition) is 2. The van der Waals surface area contributed by atoms with Crippen LogP contribution in [0.4, 0.5) is 0 Å². The minimum atomic E-state index is 0.148. The van der Waals surface area contributed by atoms with Gasteiger partial charge in [0, 0.05) is 24.7 Å². The van der Waals surface area contributed by atoms with Crippen LogP contribution in [0.1, 0.15) is 31.4 Å². The van der Waals surface area contributed by atoms with Gasteiger partial charge in [-0.1, -0.05) is 25.1 Å². The van der Waals surface area contributed by atoms with E-state index >= 15 is 0 Å². The average Bonchev–Trinajstić information content (AvgIpc) is 2.58. The van der Waals surface area contributed by atoms with E-state index in [4.69, 9.17) is 11.1 Å². The molecule has 1 heterocycles. The molecule has 17 heavy (non-hydrogen) atoms. The zero-order valence-electron chi connectivity index (χ0n) is 10.6. The number of nitrogens with zero attached hydrogens (tertiary/aromatic N) is 1. The smallest absolute Gasteiger partial charge is 0.122 e. The van der Waals surface area contributed by atoms with E-state index < -0.39 is 0 Å². The van der Waals surface area contributed by atoms with Gasteiger partial charge in [0.25, 0.3) is 0 Å². The van der Waals surface area contributed by atoms with Crippen LogP contribution in [0.15, 0.2) is 24.3 Å². The molecular formula is C14H21N3. The Hall–Kier alpha value is -1.35. The molecule has 1 fully saturated rings. The first-order valence-corrected chi connectivity index (χ1v) is 6.23. The molecule has 0 radical (unpaired) electrons. The summed E-state index contributed by atoms with van der Waals surface area (Å²) in [6.07, 6.45) is 1.28. The molecule has 2 unspecified atom stereocenters. The number of nitrogen functional groups attached to an aromatic ring is 1. The van der Waals surface area contributed by atoms with Gasteiger partial charge < -0.3 is 5.73 Å². The summed E-state index contributed by atoms with van der Waals surface area (Å²) in [5, 5.41) is 7.45. The number of likely N-dealkylation sites (tertiary alicyclic amines) is 1. The molecule has 2 rings (SSSR count). The first-order valence-electron chi connectivity index (χ1n) is 6.23. The van der Waals surface area contributed by atoms with Crippen molar-refractivity contribution in [3.8, 4) is 0 Å². The maximum absolute atomic E-state index is 7.45. The fourth-order valence-electron chi connectivity index (χ4n) is 2.68.